The van der Waals surface area contributed by atoms with Gasteiger partial charge in [0.05, 0.1) is 6.61 Å². The number of carboxylic acids is 1. The Balaban J connectivity index is 1.61. The molecule has 194 valence electrons. The fourth-order valence-electron chi connectivity index (χ4n) is 4.72. The van der Waals surface area contributed by atoms with Crippen molar-refractivity contribution >= 4 is 17.8 Å². The lowest BCUT2D eigenvalue weighted by Gasteiger charge is -2.44. The zero-order chi connectivity index (χ0) is 25.9. The van der Waals surface area contributed by atoms with E-state index in [0.717, 1.165) is 30.6 Å². The van der Waals surface area contributed by atoms with Crippen molar-refractivity contribution in [3.63, 3.8) is 0 Å². The maximum Gasteiger partial charge on any atom is 0.306 e. The third-order valence-electron chi connectivity index (χ3n) is 6.68. The van der Waals surface area contributed by atoms with Crippen LogP contribution in [0.1, 0.15) is 57.9 Å². The first-order chi connectivity index (χ1) is 17.4. The van der Waals surface area contributed by atoms with Gasteiger partial charge in [-0.15, -0.1) is 0 Å². The summed E-state index contributed by atoms with van der Waals surface area (Å²) in [7, 11) is 0. The molecule has 2 aromatic rings. The van der Waals surface area contributed by atoms with E-state index in [-0.39, 0.29) is 42.5 Å². The van der Waals surface area contributed by atoms with Crippen molar-refractivity contribution in [1.82, 2.24) is 4.90 Å². The molecule has 0 heterocycles. The third kappa shape index (κ3) is 7.83. The predicted molar refractivity (Wildman–Crippen MR) is 136 cm³/mol. The van der Waals surface area contributed by atoms with Crippen LogP contribution >= 0.6 is 0 Å². The summed E-state index contributed by atoms with van der Waals surface area (Å²) in [4.78, 5) is 38.9. The largest absolute Gasteiger partial charge is 0.481 e. The lowest BCUT2D eigenvalue weighted by molar-refractivity contribution is -0.157. The van der Waals surface area contributed by atoms with E-state index < -0.39 is 5.97 Å². The van der Waals surface area contributed by atoms with Crippen molar-refractivity contribution in [2.75, 3.05) is 13.2 Å². The van der Waals surface area contributed by atoms with E-state index in [0.29, 0.717) is 31.9 Å². The highest BCUT2D eigenvalue weighted by Gasteiger charge is 2.48. The first-order valence-electron chi connectivity index (χ1n) is 12.9. The summed E-state index contributed by atoms with van der Waals surface area (Å²) in [5, 5.41) is 9.43. The van der Waals surface area contributed by atoms with Crippen molar-refractivity contribution in [2.45, 2.75) is 58.9 Å². The highest BCUT2D eigenvalue weighted by Crippen LogP contribution is 2.46. The molecule has 0 radical (unpaired) electrons. The Morgan fingerprint density at radius 2 is 1.64 bits per heavy atom. The molecule has 7 nitrogen and oxygen atoms in total. The molecule has 0 aliphatic heterocycles. The number of benzene rings is 2. The molecule has 36 heavy (non-hydrogen) atoms. The molecule has 0 saturated heterocycles. The molecule has 1 fully saturated rings. The predicted octanol–water partition coefficient (Wildman–Crippen LogP) is 5.68. The van der Waals surface area contributed by atoms with Gasteiger partial charge in [0.1, 0.15) is 11.5 Å². The number of amides is 1. The number of hydrogen-bond acceptors (Lipinski definition) is 5. The van der Waals surface area contributed by atoms with Crippen molar-refractivity contribution in [2.24, 2.45) is 17.8 Å². The van der Waals surface area contributed by atoms with Crippen LogP contribution in [0.3, 0.4) is 0 Å². The Morgan fingerprint density at radius 1 is 0.944 bits per heavy atom. The molecule has 2 aromatic carbocycles. The minimum Gasteiger partial charge on any atom is -0.481 e. The molecule has 3 atom stereocenters. The topological polar surface area (TPSA) is 93.1 Å². The van der Waals surface area contributed by atoms with Crippen molar-refractivity contribution in [3.05, 3.63) is 60.2 Å². The number of hydrogen-bond donors (Lipinski definition) is 1. The number of carbonyl (C=O) groups is 3. The zero-order valence-corrected chi connectivity index (χ0v) is 21.2. The number of aliphatic carboxylic acids is 1. The Bertz CT molecular complexity index is 991. The molecule has 3 rings (SSSR count). The van der Waals surface area contributed by atoms with Crippen molar-refractivity contribution < 1.29 is 29.0 Å². The second-order valence-electron chi connectivity index (χ2n) is 9.46. The van der Waals surface area contributed by atoms with Crippen molar-refractivity contribution in [1.29, 1.82) is 0 Å². The number of ether oxygens (including phenoxy) is 2. The lowest BCUT2D eigenvalue weighted by atomic mass is 9.61. The van der Waals surface area contributed by atoms with Crippen LogP contribution in [0.2, 0.25) is 0 Å². The maximum atomic E-state index is 13.5. The van der Waals surface area contributed by atoms with Crippen molar-refractivity contribution in [3.8, 4) is 11.5 Å². The summed E-state index contributed by atoms with van der Waals surface area (Å²) >= 11 is 0. The number of unbranched alkanes of at least 4 members (excludes halogenated alkanes) is 1. The van der Waals surface area contributed by atoms with Crippen LogP contribution in [0.25, 0.3) is 0 Å². The monoisotopic (exact) mass is 495 g/mol. The minimum atomic E-state index is -0.946. The minimum absolute atomic E-state index is 0.0386. The van der Waals surface area contributed by atoms with E-state index in [1.165, 1.54) is 0 Å². The third-order valence-corrected chi connectivity index (χ3v) is 6.68. The molecule has 0 aromatic heterocycles. The first kappa shape index (κ1) is 27.2. The van der Waals surface area contributed by atoms with Crippen LogP contribution in [0, 0.1) is 17.8 Å². The van der Waals surface area contributed by atoms with Gasteiger partial charge in [-0.2, -0.15) is 0 Å². The van der Waals surface area contributed by atoms with Gasteiger partial charge in [-0.3, -0.25) is 14.4 Å². The van der Waals surface area contributed by atoms with Crippen LogP contribution < -0.4 is 4.74 Å². The van der Waals surface area contributed by atoms with E-state index in [1.807, 2.05) is 73.3 Å². The number of esters is 1. The summed E-state index contributed by atoms with van der Waals surface area (Å²) in [5.41, 5.74) is 0.974. The Hall–Kier alpha value is -3.35. The van der Waals surface area contributed by atoms with Gasteiger partial charge >= 0.3 is 11.9 Å². The lowest BCUT2D eigenvalue weighted by Crippen LogP contribution is -2.49. The van der Waals surface area contributed by atoms with E-state index in [2.05, 4.69) is 0 Å². The quantitative estimate of drug-likeness (QED) is 0.268. The molecule has 1 aliphatic carbocycles. The van der Waals surface area contributed by atoms with Gasteiger partial charge in [0.2, 0.25) is 5.91 Å². The van der Waals surface area contributed by atoms with E-state index >= 15 is 0 Å². The van der Waals surface area contributed by atoms with Crippen LogP contribution in [0.4, 0.5) is 0 Å². The number of nitrogens with zero attached hydrogens (tertiary/aromatic N) is 1. The smallest absolute Gasteiger partial charge is 0.306 e. The Labute approximate surface area is 213 Å². The molecule has 1 aliphatic rings. The van der Waals surface area contributed by atoms with Gasteiger partial charge < -0.3 is 19.5 Å². The number of carboxylic acid groups (broad SMARTS) is 1. The molecule has 1 amide bonds. The summed E-state index contributed by atoms with van der Waals surface area (Å²) < 4.78 is 11.1. The van der Waals surface area contributed by atoms with Gasteiger partial charge in [0.25, 0.3) is 0 Å². The molecular formula is C29H37NO6. The molecule has 1 N–H and O–H groups in total. The summed E-state index contributed by atoms with van der Waals surface area (Å²) in [6.45, 7) is 5.45. The fourth-order valence-corrected chi connectivity index (χ4v) is 4.72. The molecule has 0 bridgehead atoms. The summed E-state index contributed by atoms with van der Waals surface area (Å²) in [5.74, 6) is -0.698. The first-order valence-corrected chi connectivity index (χ1v) is 12.9. The van der Waals surface area contributed by atoms with Crippen LogP contribution in [-0.2, 0) is 25.7 Å². The highest BCUT2D eigenvalue weighted by atomic mass is 16.5. The second-order valence-corrected chi connectivity index (χ2v) is 9.46. The van der Waals surface area contributed by atoms with E-state index in [4.69, 9.17) is 9.47 Å². The standard InChI is InChI=1S/C29H37NO6/c1-3-5-16-35-28(33)18-22-17-26(25(22)19-27(31)32)29(34)30(15-4-2)20-21-11-13-24(14-12-21)36-23-9-7-6-8-10-23/h6-14,22,25-26H,3-5,15-20H2,1-2H3,(H,31,32). The molecule has 0 spiro atoms. The highest BCUT2D eigenvalue weighted by molar-refractivity contribution is 5.82. The summed E-state index contributed by atoms with van der Waals surface area (Å²) in [6, 6.07) is 17.2. The fraction of sp³-hybridized carbons (Fsp3) is 0.483. The number of carbonyl (C=O) groups excluding carboxylic acids is 2. The van der Waals surface area contributed by atoms with Gasteiger partial charge in [-0.05, 0) is 60.9 Å². The molecule has 1 saturated carbocycles. The number of para-hydroxylation sites is 1. The molecule has 3 unspecified atom stereocenters. The van der Waals surface area contributed by atoms with Gasteiger partial charge in [0, 0.05) is 31.8 Å². The van der Waals surface area contributed by atoms with Gasteiger partial charge in [-0.1, -0.05) is 50.6 Å². The Kier molecular flexibility index (Phi) is 10.3. The average molecular weight is 496 g/mol. The normalized spacial score (nSPS) is 18.7. The molecular weight excluding hydrogens is 458 g/mol. The van der Waals surface area contributed by atoms with Crippen LogP contribution in [-0.4, -0.2) is 41.0 Å². The number of rotatable bonds is 14. The Morgan fingerprint density at radius 3 is 2.28 bits per heavy atom. The molecule has 7 heteroatoms. The second kappa shape index (κ2) is 13.7. The zero-order valence-electron chi connectivity index (χ0n) is 21.2. The van der Waals surface area contributed by atoms with E-state index in [9.17, 15) is 19.5 Å². The average Bonchev–Trinajstić information content (AvgIpc) is 2.86. The van der Waals surface area contributed by atoms with Gasteiger partial charge in [-0.25, -0.2) is 0 Å². The van der Waals surface area contributed by atoms with Crippen LogP contribution in [0.5, 0.6) is 11.5 Å². The van der Waals surface area contributed by atoms with Gasteiger partial charge in [0.15, 0.2) is 0 Å². The summed E-state index contributed by atoms with van der Waals surface area (Å²) in [6.07, 6.45) is 3.11. The van der Waals surface area contributed by atoms with Crippen LogP contribution in [0.15, 0.2) is 54.6 Å². The maximum absolute atomic E-state index is 13.5. The SMILES string of the molecule is CCCCOC(=O)CC1CC(C(=O)N(CCC)Cc2ccc(Oc3ccccc3)cc2)C1CC(=O)O. The van der Waals surface area contributed by atoms with E-state index in [1.54, 1.807) is 0 Å².